The molecule has 9 heteroatoms. The molecule has 1 unspecified atom stereocenters. The minimum Gasteiger partial charge on any atom is -0.748 e. The fourth-order valence-corrected chi connectivity index (χ4v) is 3.56. The van der Waals surface area contributed by atoms with Crippen molar-refractivity contribution in [2.75, 3.05) is 17.8 Å². The first-order chi connectivity index (χ1) is 12.4. The van der Waals surface area contributed by atoms with Crippen molar-refractivity contribution in [3.8, 4) is 0 Å². The Labute approximate surface area is 173 Å². The number of rotatable bonds is 10. The number of aliphatic hydroxyl groups is 1. The highest BCUT2D eigenvalue weighted by molar-refractivity contribution is 7.90. The lowest BCUT2D eigenvalue weighted by atomic mass is 10.1. The molecule has 0 amide bonds. The van der Waals surface area contributed by atoms with Gasteiger partial charge in [0.05, 0.1) is 22.0 Å². The third-order valence-electron chi connectivity index (χ3n) is 3.11. The van der Waals surface area contributed by atoms with Gasteiger partial charge in [0, 0.05) is 18.4 Å². The zero-order chi connectivity index (χ0) is 23.1. The molecule has 0 aliphatic rings. The predicted octanol–water partition coefficient (Wildman–Crippen LogP) is 3.03. The summed E-state index contributed by atoms with van der Waals surface area (Å²) in [6.07, 6.45) is 3.00. The number of carbonyl (C=O) groups is 1. The quantitative estimate of drug-likeness (QED) is 0.512. The van der Waals surface area contributed by atoms with Gasteiger partial charge in [-0.2, -0.15) is 0 Å². The van der Waals surface area contributed by atoms with Crippen molar-refractivity contribution in [1.82, 2.24) is 0 Å². The zero-order valence-corrected chi connectivity index (χ0v) is 20.4. The van der Waals surface area contributed by atoms with E-state index in [0.29, 0.717) is 30.6 Å². The summed E-state index contributed by atoms with van der Waals surface area (Å²) in [5.74, 6) is 1.29. The smallest absolute Gasteiger partial charge is 0.149 e. The number of aliphatic hydroxyl groups excluding tert-OH is 1. The first-order valence-electron chi connectivity index (χ1n) is 9.64. The molecular weight excluding hydrogens is 404 g/mol. The second kappa shape index (κ2) is 16.3. The van der Waals surface area contributed by atoms with E-state index in [1.165, 1.54) is 0 Å². The van der Waals surface area contributed by atoms with E-state index in [4.69, 9.17) is 0 Å². The Bertz CT molecular complexity index is 592. The highest BCUT2D eigenvalue weighted by Crippen LogP contribution is 2.06. The Hall–Kier alpha value is -0.510. The fourth-order valence-electron chi connectivity index (χ4n) is 2.20. The second-order valence-electron chi connectivity index (χ2n) is 8.47. The predicted molar refractivity (Wildman–Crippen MR) is 114 cm³/mol. The topological polar surface area (TPSA) is 129 Å². The van der Waals surface area contributed by atoms with E-state index in [1.54, 1.807) is 6.92 Å². The van der Waals surface area contributed by atoms with E-state index >= 15 is 0 Å². The Morgan fingerprint density at radius 3 is 1.61 bits per heavy atom. The van der Waals surface area contributed by atoms with Crippen molar-refractivity contribution in [2.24, 2.45) is 17.8 Å². The van der Waals surface area contributed by atoms with Crippen molar-refractivity contribution in [2.45, 2.75) is 80.3 Å². The molecular formula is C19H41O7S2-. The highest BCUT2D eigenvalue weighted by Gasteiger charge is 2.13. The van der Waals surface area contributed by atoms with Gasteiger partial charge < -0.3 is 14.5 Å². The van der Waals surface area contributed by atoms with Crippen LogP contribution in [0.4, 0.5) is 0 Å². The summed E-state index contributed by atoms with van der Waals surface area (Å²) in [6.45, 7) is 13.6. The SMILES string of the molecule is CC(=O)CC(C)C.CC(C)CC(O)CS(C)(=O)=O.CC(C)CCCS(=O)(=O)[O-]. The monoisotopic (exact) mass is 445 g/mol. The molecule has 0 aromatic carbocycles. The maximum Gasteiger partial charge on any atom is 0.149 e. The van der Waals surface area contributed by atoms with Gasteiger partial charge >= 0.3 is 0 Å². The Balaban J connectivity index is -0.000000343. The number of ketones is 1. The molecule has 0 bridgehead atoms. The lowest BCUT2D eigenvalue weighted by Gasteiger charge is -2.10. The average Bonchev–Trinajstić information content (AvgIpc) is 2.32. The van der Waals surface area contributed by atoms with Crippen molar-refractivity contribution >= 4 is 25.7 Å². The molecule has 1 N–H and O–H groups in total. The Kier molecular flexibility index (Phi) is 18.7. The van der Waals surface area contributed by atoms with E-state index in [1.807, 2.05) is 41.5 Å². The minimum absolute atomic E-state index is 0.120. The van der Waals surface area contributed by atoms with E-state index in [-0.39, 0.29) is 17.3 Å². The summed E-state index contributed by atoms with van der Waals surface area (Å²) in [6, 6.07) is 0. The molecule has 0 radical (unpaired) electrons. The van der Waals surface area contributed by atoms with Gasteiger partial charge in [0.1, 0.15) is 15.6 Å². The fraction of sp³-hybridized carbons (Fsp3) is 0.947. The van der Waals surface area contributed by atoms with Crippen LogP contribution in [0.25, 0.3) is 0 Å². The second-order valence-corrected chi connectivity index (χ2v) is 12.2. The summed E-state index contributed by atoms with van der Waals surface area (Å²) in [5.41, 5.74) is 0. The maximum atomic E-state index is 10.7. The van der Waals surface area contributed by atoms with Crippen LogP contribution in [0.3, 0.4) is 0 Å². The third-order valence-corrected chi connectivity index (χ3v) is 4.89. The summed E-state index contributed by atoms with van der Waals surface area (Å²) in [5, 5.41) is 9.18. The molecule has 0 aromatic rings. The number of hydrogen-bond acceptors (Lipinski definition) is 7. The van der Waals surface area contributed by atoms with Crippen LogP contribution in [0.2, 0.25) is 0 Å². The largest absolute Gasteiger partial charge is 0.748 e. The molecule has 0 rings (SSSR count). The standard InChI is InChI=1S/C7H16O3S.C6H14O3S.C6H12O/c1-6(2)4-7(8)5-11(3,9)10;1-6(2)4-3-5-10(7,8)9;1-5(2)4-6(3)7/h6-8H,4-5H2,1-3H3;6H,3-5H2,1-2H3,(H,7,8,9);5H,4H2,1-3H3/p-1. The molecule has 0 saturated carbocycles. The van der Waals surface area contributed by atoms with Crippen molar-refractivity contribution in [3.63, 3.8) is 0 Å². The molecule has 28 heavy (non-hydrogen) atoms. The van der Waals surface area contributed by atoms with Crippen LogP contribution in [0.15, 0.2) is 0 Å². The molecule has 0 fully saturated rings. The van der Waals surface area contributed by atoms with Crippen LogP contribution in [0, 0.1) is 17.8 Å². The minimum atomic E-state index is -3.97. The molecule has 0 aliphatic carbocycles. The van der Waals surface area contributed by atoms with Crippen molar-refractivity contribution < 1.29 is 31.3 Å². The van der Waals surface area contributed by atoms with Gasteiger partial charge in [0.25, 0.3) is 0 Å². The van der Waals surface area contributed by atoms with Crippen LogP contribution in [0.5, 0.6) is 0 Å². The number of Topliss-reactive ketones (excluding diaryl/α,β-unsaturated/α-hetero) is 1. The molecule has 1 atom stereocenters. The van der Waals surface area contributed by atoms with Crippen molar-refractivity contribution in [3.05, 3.63) is 0 Å². The first-order valence-corrected chi connectivity index (χ1v) is 13.3. The summed E-state index contributed by atoms with van der Waals surface area (Å²) < 4.78 is 51.5. The van der Waals surface area contributed by atoms with Gasteiger partial charge in [-0.15, -0.1) is 0 Å². The van der Waals surface area contributed by atoms with E-state index in [9.17, 15) is 31.3 Å². The molecule has 0 saturated heterocycles. The lowest BCUT2D eigenvalue weighted by Crippen LogP contribution is -2.21. The number of sulfone groups is 1. The maximum absolute atomic E-state index is 10.7. The lowest BCUT2D eigenvalue weighted by molar-refractivity contribution is -0.117. The molecule has 0 aliphatic heterocycles. The van der Waals surface area contributed by atoms with Crippen molar-refractivity contribution in [1.29, 1.82) is 0 Å². The highest BCUT2D eigenvalue weighted by atomic mass is 32.2. The van der Waals surface area contributed by atoms with Crippen LogP contribution >= 0.6 is 0 Å². The van der Waals surface area contributed by atoms with Crippen LogP contribution in [-0.4, -0.2) is 56.1 Å². The van der Waals surface area contributed by atoms with E-state index < -0.39 is 26.1 Å². The molecule has 0 spiro atoms. The molecule has 172 valence electrons. The van der Waals surface area contributed by atoms with Gasteiger partial charge in [0.2, 0.25) is 0 Å². The summed E-state index contributed by atoms with van der Waals surface area (Å²) >= 11 is 0. The zero-order valence-electron chi connectivity index (χ0n) is 18.8. The van der Waals surface area contributed by atoms with Gasteiger partial charge in [-0.05, 0) is 37.5 Å². The van der Waals surface area contributed by atoms with Gasteiger partial charge in [-0.1, -0.05) is 48.0 Å². The number of carbonyl (C=O) groups excluding carboxylic acids is 1. The van der Waals surface area contributed by atoms with Gasteiger partial charge in [-0.3, -0.25) is 0 Å². The summed E-state index contributed by atoms with van der Waals surface area (Å²) in [7, 11) is -6.99. The van der Waals surface area contributed by atoms with E-state index in [2.05, 4.69) is 0 Å². The van der Waals surface area contributed by atoms with Crippen LogP contribution in [-0.2, 0) is 24.7 Å². The molecule has 7 nitrogen and oxygen atoms in total. The summed E-state index contributed by atoms with van der Waals surface area (Å²) in [4.78, 5) is 10.3. The first kappa shape index (κ1) is 32.2. The van der Waals surface area contributed by atoms with Crippen LogP contribution in [0.1, 0.15) is 74.1 Å². The number of hydrogen-bond donors (Lipinski definition) is 1. The average molecular weight is 446 g/mol. The van der Waals surface area contributed by atoms with Gasteiger partial charge in [-0.25, -0.2) is 16.8 Å². The molecule has 0 heterocycles. The Morgan fingerprint density at radius 2 is 1.39 bits per heavy atom. The van der Waals surface area contributed by atoms with Crippen LogP contribution < -0.4 is 0 Å². The van der Waals surface area contributed by atoms with E-state index in [0.717, 1.165) is 19.1 Å². The molecule has 0 aromatic heterocycles. The third kappa shape index (κ3) is 40.2. The normalized spacial score (nSPS) is 12.9. The van der Waals surface area contributed by atoms with Gasteiger partial charge in [0.15, 0.2) is 0 Å². The Morgan fingerprint density at radius 1 is 0.929 bits per heavy atom.